The topological polar surface area (TPSA) is 145 Å². The lowest BCUT2D eigenvalue weighted by Gasteiger charge is -2.32. The summed E-state index contributed by atoms with van der Waals surface area (Å²) in [7, 11) is 1.66. The molecule has 1 aliphatic heterocycles. The average molecular weight is 376 g/mol. The van der Waals surface area contributed by atoms with Gasteiger partial charge in [0.2, 0.25) is 0 Å². The van der Waals surface area contributed by atoms with Crippen LogP contribution in [0, 0.1) is 10.8 Å². The number of primary amides is 1. The number of urea groups is 1. The number of nitrogens with one attached hydrogen (secondary N) is 1. The molecular formula is C18H24N4O5. The van der Waals surface area contributed by atoms with Crippen LogP contribution in [0.5, 0.6) is 0 Å². The van der Waals surface area contributed by atoms with E-state index < -0.39 is 18.0 Å². The number of benzene rings is 1. The third-order valence-corrected chi connectivity index (χ3v) is 4.97. The van der Waals surface area contributed by atoms with Gasteiger partial charge in [-0.1, -0.05) is 17.3 Å². The summed E-state index contributed by atoms with van der Waals surface area (Å²) in [4.78, 5) is 35.7. The number of likely N-dealkylation sites (N-methyl/N-ethyl adjacent to an activating group) is 1. The fourth-order valence-corrected chi connectivity index (χ4v) is 3.70. The summed E-state index contributed by atoms with van der Waals surface area (Å²) in [6.45, 7) is 1.54. The standard InChI is InChI=1S/C18H24N4O5/c1-10(21-27)13(6-7-23)15-9-14(16(17(24)25)22(15)2)11-4-3-5-12(8-11)20-18(19)26/h3-5,8,10,13,15,23H,6-7,9H2,1-2H3,(H,24,25)(H3,19,20,26). The first-order valence-electron chi connectivity index (χ1n) is 8.59. The van der Waals surface area contributed by atoms with Crippen LogP contribution in [0.2, 0.25) is 0 Å². The minimum atomic E-state index is -1.09. The van der Waals surface area contributed by atoms with Crippen molar-refractivity contribution in [3.8, 4) is 0 Å². The van der Waals surface area contributed by atoms with Crippen molar-refractivity contribution in [2.45, 2.75) is 31.8 Å². The molecule has 9 nitrogen and oxygen atoms in total. The van der Waals surface area contributed by atoms with Crippen molar-refractivity contribution in [2.75, 3.05) is 19.0 Å². The fraction of sp³-hybridized carbons (Fsp3) is 0.444. The van der Waals surface area contributed by atoms with E-state index in [1.54, 1.807) is 43.1 Å². The molecule has 2 amide bonds. The van der Waals surface area contributed by atoms with Crippen molar-refractivity contribution in [1.29, 1.82) is 0 Å². The quantitative estimate of drug-likeness (QED) is 0.509. The van der Waals surface area contributed by atoms with Gasteiger partial charge in [-0.05, 0) is 43.0 Å². The summed E-state index contributed by atoms with van der Waals surface area (Å²) >= 11 is 0. The van der Waals surface area contributed by atoms with Crippen molar-refractivity contribution in [3.05, 3.63) is 40.4 Å². The fourth-order valence-electron chi connectivity index (χ4n) is 3.70. The number of aliphatic carboxylic acids is 1. The largest absolute Gasteiger partial charge is 0.477 e. The maximum atomic E-state index is 11.9. The Morgan fingerprint density at radius 2 is 2.15 bits per heavy atom. The molecule has 5 N–H and O–H groups in total. The lowest BCUT2D eigenvalue weighted by atomic mass is 9.86. The van der Waals surface area contributed by atoms with Crippen LogP contribution in [-0.4, -0.2) is 52.9 Å². The molecule has 27 heavy (non-hydrogen) atoms. The molecule has 0 saturated carbocycles. The number of hydrogen-bond acceptors (Lipinski definition) is 6. The first-order chi connectivity index (χ1) is 12.8. The van der Waals surface area contributed by atoms with Crippen molar-refractivity contribution in [1.82, 2.24) is 4.90 Å². The first kappa shape index (κ1) is 20.4. The summed E-state index contributed by atoms with van der Waals surface area (Å²) in [5.74, 6) is -1.38. The van der Waals surface area contributed by atoms with Crippen LogP contribution in [0.4, 0.5) is 10.5 Å². The number of carbonyl (C=O) groups is 2. The molecule has 0 bridgehead atoms. The first-order valence-corrected chi connectivity index (χ1v) is 8.59. The number of carboxylic acids is 1. The van der Waals surface area contributed by atoms with E-state index >= 15 is 0 Å². The predicted molar refractivity (Wildman–Crippen MR) is 101 cm³/mol. The lowest BCUT2D eigenvalue weighted by Crippen LogP contribution is -2.39. The Balaban J connectivity index is 2.43. The Morgan fingerprint density at radius 3 is 2.70 bits per heavy atom. The summed E-state index contributed by atoms with van der Waals surface area (Å²) in [6, 6.07) is 5.18. The smallest absolute Gasteiger partial charge is 0.352 e. The molecule has 3 unspecified atom stereocenters. The Bertz CT molecular complexity index is 764. The van der Waals surface area contributed by atoms with Gasteiger partial charge in [-0.3, -0.25) is 0 Å². The molecule has 9 heteroatoms. The zero-order valence-corrected chi connectivity index (χ0v) is 15.3. The number of aliphatic hydroxyl groups is 1. The maximum absolute atomic E-state index is 11.9. The van der Waals surface area contributed by atoms with Gasteiger partial charge in [0.05, 0.1) is 6.04 Å². The van der Waals surface area contributed by atoms with Crippen LogP contribution in [0.3, 0.4) is 0 Å². The molecule has 1 aliphatic rings. The zero-order valence-electron chi connectivity index (χ0n) is 15.3. The highest BCUT2D eigenvalue weighted by molar-refractivity contribution is 5.98. The number of anilines is 1. The molecule has 3 atom stereocenters. The summed E-state index contributed by atoms with van der Waals surface area (Å²) < 4.78 is 0. The normalized spacial score (nSPS) is 18.9. The molecule has 0 aliphatic carbocycles. The van der Waals surface area contributed by atoms with E-state index in [0.717, 1.165) is 0 Å². The molecule has 0 aromatic heterocycles. The predicted octanol–water partition coefficient (Wildman–Crippen LogP) is 1.83. The van der Waals surface area contributed by atoms with Crippen LogP contribution in [0.15, 0.2) is 35.1 Å². The van der Waals surface area contributed by atoms with E-state index in [-0.39, 0.29) is 24.3 Å². The lowest BCUT2D eigenvalue weighted by molar-refractivity contribution is -0.134. The molecular weight excluding hydrogens is 352 g/mol. The third-order valence-electron chi connectivity index (χ3n) is 4.97. The number of nitrogens with zero attached hydrogens (tertiary/aromatic N) is 2. The van der Waals surface area contributed by atoms with Gasteiger partial charge in [-0.2, -0.15) is 4.91 Å². The second-order valence-corrected chi connectivity index (χ2v) is 6.61. The number of carboxylic acid groups (broad SMARTS) is 1. The van der Waals surface area contributed by atoms with Crippen molar-refractivity contribution >= 4 is 23.3 Å². The second-order valence-electron chi connectivity index (χ2n) is 6.61. The van der Waals surface area contributed by atoms with E-state index in [2.05, 4.69) is 10.5 Å². The number of aliphatic hydroxyl groups excluding tert-OH is 1. The summed E-state index contributed by atoms with van der Waals surface area (Å²) in [5, 5.41) is 24.7. The number of nitroso groups, excluding NO2 is 1. The second kappa shape index (κ2) is 8.63. The molecule has 0 fully saturated rings. The number of rotatable bonds is 8. The van der Waals surface area contributed by atoms with Gasteiger partial charge < -0.3 is 26.2 Å². The van der Waals surface area contributed by atoms with E-state index in [4.69, 9.17) is 5.73 Å². The van der Waals surface area contributed by atoms with Crippen molar-refractivity contribution < 1.29 is 19.8 Å². The number of hydrogen-bond donors (Lipinski definition) is 4. The summed E-state index contributed by atoms with van der Waals surface area (Å²) in [6.07, 6.45) is 0.716. The van der Waals surface area contributed by atoms with Crippen LogP contribution in [-0.2, 0) is 4.79 Å². The molecule has 1 aromatic rings. The van der Waals surface area contributed by atoms with Crippen LogP contribution in [0.1, 0.15) is 25.3 Å². The van der Waals surface area contributed by atoms with Crippen LogP contribution in [0.25, 0.3) is 5.57 Å². The number of nitrogens with two attached hydrogens (primary N) is 1. The van der Waals surface area contributed by atoms with Crippen molar-refractivity contribution in [2.24, 2.45) is 16.8 Å². The van der Waals surface area contributed by atoms with Gasteiger partial charge in [0.25, 0.3) is 0 Å². The number of carbonyl (C=O) groups excluding carboxylic acids is 1. The van der Waals surface area contributed by atoms with Gasteiger partial charge in [0, 0.05) is 31.3 Å². The van der Waals surface area contributed by atoms with Gasteiger partial charge in [0.1, 0.15) is 5.70 Å². The van der Waals surface area contributed by atoms with Gasteiger partial charge in [-0.15, -0.1) is 0 Å². The maximum Gasteiger partial charge on any atom is 0.352 e. The Labute approximate surface area is 156 Å². The SMILES string of the molecule is CC(N=O)C(CCO)C1CC(c2cccc(NC(N)=O)c2)=C(C(=O)O)N1C. The van der Waals surface area contributed by atoms with Crippen LogP contribution < -0.4 is 11.1 Å². The Morgan fingerprint density at radius 1 is 1.44 bits per heavy atom. The average Bonchev–Trinajstić information content (AvgIpc) is 2.96. The monoisotopic (exact) mass is 376 g/mol. The zero-order chi connectivity index (χ0) is 20.1. The minimum Gasteiger partial charge on any atom is -0.477 e. The molecule has 146 valence electrons. The van der Waals surface area contributed by atoms with E-state index in [1.807, 2.05) is 0 Å². The molecule has 0 saturated heterocycles. The highest BCUT2D eigenvalue weighted by atomic mass is 16.4. The molecule has 0 spiro atoms. The molecule has 1 heterocycles. The third kappa shape index (κ3) is 4.43. The van der Waals surface area contributed by atoms with Gasteiger partial charge in [-0.25, -0.2) is 9.59 Å². The van der Waals surface area contributed by atoms with E-state index in [1.165, 1.54) is 0 Å². The van der Waals surface area contributed by atoms with Gasteiger partial charge in [0.15, 0.2) is 0 Å². The van der Waals surface area contributed by atoms with E-state index in [0.29, 0.717) is 29.7 Å². The van der Waals surface area contributed by atoms with Crippen molar-refractivity contribution in [3.63, 3.8) is 0 Å². The highest BCUT2D eigenvalue weighted by Crippen LogP contribution is 2.40. The molecule has 0 radical (unpaired) electrons. The molecule has 1 aromatic carbocycles. The van der Waals surface area contributed by atoms with Crippen LogP contribution >= 0.6 is 0 Å². The van der Waals surface area contributed by atoms with E-state index in [9.17, 15) is 24.7 Å². The highest BCUT2D eigenvalue weighted by Gasteiger charge is 2.40. The molecule has 2 rings (SSSR count). The van der Waals surface area contributed by atoms with Gasteiger partial charge >= 0.3 is 12.0 Å². The Kier molecular flexibility index (Phi) is 6.51. The summed E-state index contributed by atoms with van der Waals surface area (Å²) in [5.41, 5.74) is 6.95. The number of amides is 2. The minimum absolute atomic E-state index is 0.120. The Hall–Kier alpha value is -2.94.